The molecule has 0 radical (unpaired) electrons. The molecule has 0 bridgehead atoms. The largest absolute Gasteiger partial charge is 0.495 e. The third-order valence-electron chi connectivity index (χ3n) is 4.85. The van der Waals surface area contributed by atoms with Crippen molar-refractivity contribution in [3.63, 3.8) is 0 Å². The molecule has 0 aliphatic carbocycles. The van der Waals surface area contributed by atoms with E-state index in [1.165, 1.54) is 13.2 Å². The van der Waals surface area contributed by atoms with Gasteiger partial charge in [-0.2, -0.15) is 0 Å². The summed E-state index contributed by atoms with van der Waals surface area (Å²) in [7, 11) is -2.47. The monoisotopic (exact) mass is 454 g/mol. The first-order chi connectivity index (χ1) is 15.3. The normalized spacial score (nSPS) is 11.1. The summed E-state index contributed by atoms with van der Waals surface area (Å²) in [5.41, 5.74) is 9.00. The van der Waals surface area contributed by atoms with E-state index in [0.717, 1.165) is 11.3 Å². The van der Waals surface area contributed by atoms with Crippen molar-refractivity contribution in [3.05, 3.63) is 77.6 Å². The van der Waals surface area contributed by atoms with Gasteiger partial charge >= 0.3 is 0 Å². The summed E-state index contributed by atoms with van der Waals surface area (Å²) in [6.45, 7) is 2.13. The van der Waals surface area contributed by atoms with E-state index < -0.39 is 10.0 Å². The van der Waals surface area contributed by atoms with Crippen LogP contribution in [-0.4, -0.2) is 26.4 Å². The smallest absolute Gasteiger partial charge is 0.265 e. The molecule has 0 saturated heterocycles. The minimum Gasteiger partial charge on any atom is -0.495 e. The number of ether oxygens (including phenoxy) is 1. The SMILES string of the molecule is COc1cc(CCC(=O)NCc2ccccn2)ccc1S(=O)(=O)Nc1ccc(N)cc1C. The van der Waals surface area contributed by atoms with Crippen LogP contribution in [0, 0.1) is 6.92 Å². The molecule has 1 aromatic heterocycles. The number of carbonyl (C=O) groups excluding carboxylic acids is 1. The van der Waals surface area contributed by atoms with Crippen molar-refractivity contribution >= 4 is 27.3 Å². The van der Waals surface area contributed by atoms with Gasteiger partial charge in [0.1, 0.15) is 10.6 Å². The Kier molecular flexibility index (Phi) is 7.32. The highest BCUT2D eigenvalue weighted by Gasteiger charge is 2.21. The van der Waals surface area contributed by atoms with Gasteiger partial charge in [0.2, 0.25) is 5.91 Å². The highest BCUT2D eigenvalue weighted by Crippen LogP contribution is 2.29. The highest BCUT2D eigenvalue weighted by atomic mass is 32.2. The number of carbonyl (C=O) groups is 1. The predicted octanol–water partition coefficient (Wildman–Crippen LogP) is 3.03. The number of anilines is 2. The maximum Gasteiger partial charge on any atom is 0.265 e. The first-order valence-corrected chi connectivity index (χ1v) is 11.5. The first-order valence-electron chi connectivity index (χ1n) is 10.0. The Morgan fingerprint density at radius 3 is 2.62 bits per heavy atom. The summed E-state index contributed by atoms with van der Waals surface area (Å²) in [4.78, 5) is 16.3. The van der Waals surface area contributed by atoms with Crippen LogP contribution < -0.4 is 20.5 Å². The fourth-order valence-corrected chi connectivity index (χ4v) is 4.41. The fourth-order valence-electron chi connectivity index (χ4n) is 3.13. The van der Waals surface area contributed by atoms with Crippen LogP contribution in [0.2, 0.25) is 0 Å². The molecule has 0 aliphatic heterocycles. The minimum absolute atomic E-state index is 0.0135. The number of aryl methyl sites for hydroxylation is 2. The van der Waals surface area contributed by atoms with Gasteiger partial charge in [0.15, 0.2) is 0 Å². The molecule has 1 amide bonds. The topological polar surface area (TPSA) is 123 Å². The third-order valence-corrected chi connectivity index (χ3v) is 6.25. The van der Waals surface area contributed by atoms with Crippen LogP contribution in [0.5, 0.6) is 5.75 Å². The number of sulfonamides is 1. The first kappa shape index (κ1) is 23.1. The summed E-state index contributed by atoms with van der Waals surface area (Å²) in [5.74, 6) is 0.0869. The molecule has 0 atom stereocenters. The summed E-state index contributed by atoms with van der Waals surface area (Å²) in [6, 6.07) is 15.2. The minimum atomic E-state index is -3.88. The molecule has 2 aromatic carbocycles. The summed E-state index contributed by atoms with van der Waals surface area (Å²) >= 11 is 0. The van der Waals surface area contributed by atoms with Gasteiger partial charge < -0.3 is 15.8 Å². The Balaban J connectivity index is 1.66. The van der Waals surface area contributed by atoms with Gasteiger partial charge in [-0.25, -0.2) is 8.42 Å². The van der Waals surface area contributed by atoms with Crippen molar-refractivity contribution in [1.29, 1.82) is 0 Å². The van der Waals surface area contributed by atoms with E-state index in [0.29, 0.717) is 29.9 Å². The van der Waals surface area contributed by atoms with Crippen LogP contribution in [0.25, 0.3) is 0 Å². The highest BCUT2D eigenvalue weighted by molar-refractivity contribution is 7.92. The molecule has 4 N–H and O–H groups in total. The zero-order chi connectivity index (χ0) is 23.1. The molecule has 32 heavy (non-hydrogen) atoms. The summed E-state index contributed by atoms with van der Waals surface area (Å²) in [6.07, 6.45) is 2.37. The fraction of sp³-hybridized carbons (Fsp3) is 0.217. The van der Waals surface area contributed by atoms with Crippen LogP contribution in [0.15, 0.2) is 65.7 Å². The van der Waals surface area contributed by atoms with E-state index in [1.54, 1.807) is 43.5 Å². The lowest BCUT2D eigenvalue weighted by molar-refractivity contribution is -0.121. The van der Waals surface area contributed by atoms with E-state index in [1.807, 2.05) is 18.2 Å². The van der Waals surface area contributed by atoms with Crippen molar-refractivity contribution in [2.24, 2.45) is 0 Å². The van der Waals surface area contributed by atoms with Crippen LogP contribution >= 0.6 is 0 Å². The standard InChI is InChI=1S/C23H26N4O4S/c1-16-13-18(24)8-9-20(16)27-32(29,30)22-10-6-17(14-21(22)31-2)7-11-23(28)26-15-19-5-3-4-12-25-19/h3-6,8-10,12-14,27H,7,11,15,24H2,1-2H3,(H,26,28). The number of nitrogens with zero attached hydrogens (tertiary/aromatic N) is 1. The van der Waals surface area contributed by atoms with Gasteiger partial charge in [-0.05, 0) is 66.9 Å². The van der Waals surface area contributed by atoms with Crippen molar-refractivity contribution in [2.45, 2.75) is 31.2 Å². The molecule has 1 heterocycles. The Morgan fingerprint density at radius 1 is 1.12 bits per heavy atom. The number of nitrogens with one attached hydrogen (secondary N) is 2. The molecule has 3 rings (SSSR count). The molecular formula is C23H26N4O4S. The van der Waals surface area contributed by atoms with Gasteiger partial charge in [0.05, 0.1) is 25.0 Å². The van der Waals surface area contributed by atoms with Gasteiger partial charge in [0.25, 0.3) is 10.0 Å². The molecule has 0 unspecified atom stereocenters. The van der Waals surface area contributed by atoms with E-state index in [-0.39, 0.29) is 23.0 Å². The molecule has 168 valence electrons. The predicted molar refractivity (Wildman–Crippen MR) is 124 cm³/mol. The lowest BCUT2D eigenvalue weighted by atomic mass is 10.1. The van der Waals surface area contributed by atoms with Crippen molar-refractivity contribution < 1.29 is 17.9 Å². The van der Waals surface area contributed by atoms with Crippen molar-refractivity contribution in [1.82, 2.24) is 10.3 Å². The van der Waals surface area contributed by atoms with Crippen LogP contribution in [0.3, 0.4) is 0 Å². The Hall–Kier alpha value is -3.59. The summed E-state index contributed by atoms with van der Waals surface area (Å²) in [5, 5.41) is 2.82. The van der Waals surface area contributed by atoms with Crippen molar-refractivity contribution in [2.75, 3.05) is 17.6 Å². The Labute approximate surface area is 187 Å². The number of nitrogen functional groups attached to an aromatic ring is 1. The molecular weight excluding hydrogens is 428 g/mol. The van der Waals surface area contributed by atoms with Gasteiger partial charge in [0, 0.05) is 18.3 Å². The second-order valence-corrected chi connectivity index (χ2v) is 8.91. The van der Waals surface area contributed by atoms with Gasteiger partial charge in [-0.1, -0.05) is 12.1 Å². The average Bonchev–Trinajstić information content (AvgIpc) is 2.78. The second kappa shape index (κ2) is 10.1. The number of hydrogen-bond donors (Lipinski definition) is 3. The quantitative estimate of drug-likeness (QED) is 0.427. The average molecular weight is 455 g/mol. The molecule has 0 spiro atoms. The number of rotatable bonds is 9. The zero-order valence-electron chi connectivity index (χ0n) is 18.0. The molecule has 0 saturated carbocycles. The number of methoxy groups -OCH3 is 1. The van der Waals surface area contributed by atoms with E-state index in [4.69, 9.17) is 10.5 Å². The number of amides is 1. The number of benzene rings is 2. The summed E-state index contributed by atoms with van der Waals surface area (Å²) < 4.78 is 33.7. The second-order valence-electron chi connectivity index (χ2n) is 7.26. The maximum absolute atomic E-state index is 12.9. The number of aromatic nitrogens is 1. The lowest BCUT2D eigenvalue weighted by Crippen LogP contribution is -2.23. The van der Waals surface area contributed by atoms with E-state index in [2.05, 4.69) is 15.0 Å². The molecule has 0 aliphatic rings. The molecule has 9 heteroatoms. The Morgan fingerprint density at radius 2 is 1.94 bits per heavy atom. The zero-order valence-corrected chi connectivity index (χ0v) is 18.8. The van der Waals surface area contributed by atoms with Crippen LogP contribution in [-0.2, 0) is 27.8 Å². The third kappa shape index (κ3) is 5.98. The molecule has 3 aromatic rings. The molecule has 0 fully saturated rings. The molecule has 8 nitrogen and oxygen atoms in total. The maximum atomic E-state index is 12.9. The van der Waals surface area contributed by atoms with Gasteiger partial charge in [-0.3, -0.25) is 14.5 Å². The number of pyridine rings is 1. The van der Waals surface area contributed by atoms with Crippen molar-refractivity contribution in [3.8, 4) is 5.75 Å². The van der Waals surface area contributed by atoms with Crippen LogP contribution in [0.1, 0.15) is 23.2 Å². The van der Waals surface area contributed by atoms with Gasteiger partial charge in [-0.15, -0.1) is 0 Å². The number of hydrogen-bond acceptors (Lipinski definition) is 6. The van der Waals surface area contributed by atoms with E-state index in [9.17, 15) is 13.2 Å². The lowest BCUT2D eigenvalue weighted by Gasteiger charge is -2.14. The number of nitrogens with two attached hydrogens (primary N) is 1. The van der Waals surface area contributed by atoms with E-state index >= 15 is 0 Å². The van der Waals surface area contributed by atoms with Crippen LogP contribution in [0.4, 0.5) is 11.4 Å². The Bertz CT molecular complexity index is 1200.